The molecular weight excluding hydrogens is 206 g/mol. The van der Waals surface area contributed by atoms with Crippen LogP contribution in [0.3, 0.4) is 0 Å². The third-order valence-corrected chi connectivity index (χ3v) is 4.22. The fourth-order valence-corrected chi connectivity index (χ4v) is 3.14. The number of nitrogens with zero attached hydrogens (tertiary/aromatic N) is 2. The van der Waals surface area contributed by atoms with Crippen LogP contribution in [0.5, 0.6) is 0 Å². The molecule has 0 spiro atoms. The summed E-state index contributed by atoms with van der Waals surface area (Å²) in [6, 6.07) is 0.764. The average Bonchev–Trinajstić information content (AvgIpc) is 2.66. The predicted octanol–water partition coefficient (Wildman–Crippen LogP) is 2.05. The lowest BCUT2D eigenvalue weighted by Crippen LogP contribution is -2.34. The van der Waals surface area contributed by atoms with Gasteiger partial charge >= 0.3 is 0 Å². The smallest absolute Gasteiger partial charge is 0.0535 e. The molecule has 0 radical (unpaired) electrons. The fraction of sp³-hybridized carbons (Fsp3) is 0.727. The minimum Gasteiger partial charge on any atom is -0.299 e. The Labute approximate surface area is 95.6 Å². The number of aryl methyl sites for hydroxylation is 1. The number of H-pyrrole nitrogens is 1. The highest BCUT2D eigenvalue weighted by atomic mass is 32.2. The summed E-state index contributed by atoms with van der Waals surface area (Å²) in [6.45, 7) is 3.12. The molecule has 3 nitrogen and oxygen atoms in total. The quantitative estimate of drug-likeness (QED) is 0.854. The second-order valence-electron chi connectivity index (χ2n) is 4.28. The van der Waals surface area contributed by atoms with Crippen LogP contribution >= 0.6 is 11.8 Å². The Morgan fingerprint density at radius 1 is 1.53 bits per heavy atom. The van der Waals surface area contributed by atoms with Crippen LogP contribution in [0, 0.1) is 6.92 Å². The maximum atomic E-state index is 4.06. The normalized spacial score (nSPS) is 18.6. The Balaban J connectivity index is 1.91. The zero-order chi connectivity index (χ0) is 10.7. The van der Waals surface area contributed by atoms with Crippen molar-refractivity contribution < 1.29 is 0 Å². The number of aromatic amines is 1. The van der Waals surface area contributed by atoms with Crippen molar-refractivity contribution in [2.45, 2.75) is 32.4 Å². The number of nitrogens with one attached hydrogen (secondary N) is 1. The van der Waals surface area contributed by atoms with Crippen molar-refractivity contribution in [3.8, 4) is 0 Å². The summed E-state index contributed by atoms with van der Waals surface area (Å²) in [5.74, 6) is 2.64. The Morgan fingerprint density at radius 2 is 2.27 bits per heavy atom. The van der Waals surface area contributed by atoms with Crippen molar-refractivity contribution in [2.75, 3.05) is 18.6 Å². The number of hydrogen-bond donors (Lipinski definition) is 1. The topological polar surface area (TPSA) is 31.9 Å². The van der Waals surface area contributed by atoms with Crippen LogP contribution < -0.4 is 0 Å². The Bertz CT molecular complexity index is 305. The fourth-order valence-electron chi connectivity index (χ4n) is 2.06. The molecule has 1 aromatic rings. The van der Waals surface area contributed by atoms with Crippen LogP contribution in [0.2, 0.25) is 0 Å². The van der Waals surface area contributed by atoms with Gasteiger partial charge in [0.05, 0.1) is 6.20 Å². The monoisotopic (exact) mass is 225 g/mol. The zero-order valence-electron chi connectivity index (χ0n) is 9.49. The Kier molecular flexibility index (Phi) is 3.70. The molecule has 1 saturated heterocycles. The Morgan fingerprint density at radius 3 is 2.87 bits per heavy atom. The maximum Gasteiger partial charge on any atom is 0.0535 e. The summed E-state index contributed by atoms with van der Waals surface area (Å²) in [5, 5.41) is 7.06. The highest BCUT2D eigenvalue weighted by molar-refractivity contribution is 7.99. The van der Waals surface area contributed by atoms with E-state index in [-0.39, 0.29) is 0 Å². The summed E-state index contributed by atoms with van der Waals surface area (Å²) in [4.78, 5) is 2.47. The molecule has 2 rings (SSSR count). The number of thioether (sulfide) groups is 1. The van der Waals surface area contributed by atoms with Crippen LogP contribution in [-0.2, 0) is 6.54 Å². The first-order valence-corrected chi connectivity index (χ1v) is 6.69. The molecule has 15 heavy (non-hydrogen) atoms. The molecule has 0 amide bonds. The van der Waals surface area contributed by atoms with Gasteiger partial charge in [-0.1, -0.05) is 0 Å². The molecular formula is C11H19N3S. The average molecular weight is 225 g/mol. The third-order valence-electron chi connectivity index (χ3n) is 3.17. The highest BCUT2D eigenvalue weighted by Gasteiger charge is 2.18. The van der Waals surface area contributed by atoms with Crippen LogP contribution in [-0.4, -0.2) is 39.7 Å². The van der Waals surface area contributed by atoms with E-state index in [1.165, 1.54) is 35.6 Å². The van der Waals surface area contributed by atoms with Crippen LogP contribution in [0.25, 0.3) is 0 Å². The predicted molar refractivity (Wildman–Crippen MR) is 65.1 cm³/mol. The molecule has 1 aliphatic heterocycles. The molecule has 1 aliphatic rings. The van der Waals surface area contributed by atoms with Crippen molar-refractivity contribution in [1.29, 1.82) is 0 Å². The third kappa shape index (κ3) is 2.75. The summed E-state index contributed by atoms with van der Waals surface area (Å²) in [7, 11) is 2.23. The molecule has 0 unspecified atom stereocenters. The summed E-state index contributed by atoms with van der Waals surface area (Å²) in [6.07, 6.45) is 4.61. The van der Waals surface area contributed by atoms with E-state index in [9.17, 15) is 0 Å². The second-order valence-corrected chi connectivity index (χ2v) is 5.50. The molecule has 0 aliphatic carbocycles. The first kappa shape index (κ1) is 11.0. The van der Waals surface area contributed by atoms with Gasteiger partial charge in [0, 0.05) is 23.8 Å². The second kappa shape index (κ2) is 5.03. The van der Waals surface area contributed by atoms with Gasteiger partial charge in [0.25, 0.3) is 0 Å². The Hall–Kier alpha value is -0.480. The molecule has 1 N–H and O–H groups in total. The van der Waals surface area contributed by atoms with E-state index in [2.05, 4.69) is 40.8 Å². The van der Waals surface area contributed by atoms with Crippen molar-refractivity contribution in [3.05, 3.63) is 17.5 Å². The summed E-state index contributed by atoms with van der Waals surface area (Å²) < 4.78 is 0. The molecule has 1 aromatic heterocycles. The minimum absolute atomic E-state index is 0.764. The molecule has 0 saturated carbocycles. The van der Waals surface area contributed by atoms with Gasteiger partial charge in [-0.25, -0.2) is 0 Å². The lowest BCUT2D eigenvalue weighted by atomic mass is 10.1. The van der Waals surface area contributed by atoms with Gasteiger partial charge in [-0.3, -0.25) is 10.00 Å². The molecule has 0 bridgehead atoms. The van der Waals surface area contributed by atoms with Crippen LogP contribution in [0.1, 0.15) is 24.1 Å². The molecule has 0 aromatic carbocycles. The van der Waals surface area contributed by atoms with Crippen LogP contribution in [0.15, 0.2) is 6.20 Å². The van der Waals surface area contributed by atoms with E-state index >= 15 is 0 Å². The first-order chi connectivity index (χ1) is 7.27. The lowest BCUT2D eigenvalue weighted by molar-refractivity contribution is 0.221. The van der Waals surface area contributed by atoms with Gasteiger partial charge in [-0.2, -0.15) is 16.9 Å². The van der Waals surface area contributed by atoms with Gasteiger partial charge in [-0.15, -0.1) is 0 Å². The van der Waals surface area contributed by atoms with E-state index in [1.807, 2.05) is 6.20 Å². The minimum atomic E-state index is 0.764. The number of rotatable bonds is 3. The van der Waals surface area contributed by atoms with Crippen molar-refractivity contribution in [3.63, 3.8) is 0 Å². The molecule has 84 valence electrons. The van der Waals surface area contributed by atoms with Gasteiger partial charge in [0.2, 0.25) is 0 Å². The molecule has 4 heteroatoms. The standard InChI is InChI=1S/C11H19N3S/c1-9-10(7-12-13-9)8-14(2)11-3-5-15-6-4-11/h7,11H,3-6,8H2,1-2H3,(H,12,13). The first-order valence-electron chi connectivity index (χ1n) is 5.54. The zero-order valence-corrected chi connectivity index (χ0v) is 10.3. The van der Waals surface area contributed by atoms with Gasteiger partial charge in [-0.05, 0) is 38.3 Å². The highest BCUT2D eigenvalue weighted by Crippen LogP contribution is 2.22. The molecule has 0 atom stereocenters. The van der Waals surface area contributed by atoms with E-state index in [1.54, 1.807) is 0 Å². The summed E-state index contributed by atoms with van der Waals surface area (Å²) >= 11 is 2.08. The maximum absolute atomic E-state index is 4.06. The number of aromatic nitrogens is 2. The van der Waals surface area contributed by atoms with Crippen molar-refractivity contribution >= 4 is 11.8 Å². The largest absolute Gasteiger partial charge is 0.299 e. The van der Waals surface area contributed by atoms with E-state index in [0.29, 0.717) is 0 Å². The summed E-state index contributed by atoms with van der Waals surface area (Å²) in [5.41, 5.74) is 2.53. The number of hydrogen-bond acceptors (Lipinski definition) is 3. The van der Waals surface area contributed by atoms with Crippen LogP contribution in [0.4, 0.5) is 0 Å². The lowest BCUT2D eigenvalue weighted by Gasteiger charge is -2.30. The van der Waals surface area contributed by atoms with E-state index in [4.69, 9.17) is 0 Å². The van der Waals surface area contributed by atoms with Crippen molar-refractivity contribution in [1.82, 2.24) is 15.1 Å². The van der Waals surface area contributed by atoms with E-state index < -0.39 is 0 Å². The van der Waals surface area contributed by atoms with Gasteiger partial charge in [0.1, 0.15) is 0 Å². The molecule has 2 heterocycles. The SMILES string of the molecule is Cc1[nH]ncc1CN(C)C1CCSCC1. The van der Waals surface area contributed by atoms with Gasteiger partial charge < -0.3 is 0 Å². The van der Waals surface area contributed by atoms with E-state index in [0.717, 1.165) is 12.6 Å². The van der Waals surface area contributed by atoms with Gasteiger partial charge in [0.15, 0.2) is 0 Å². The molecule has 1 fully saturated rings. The van der Waals surface area contributed by atoms with Crippen molar-refractivity contribution in [2.24, 2.45) is 0 Å².